The van der Waals surface area contributed by atoms with Gasteiger partial charge >= 0.3 is 21.5 Å². The van der Waals surface area contributed by atoms with Crippen molar-refractivity contribution in [2.45, 2.75) is 46.2 Å². The number of aromatic nitrogens is 1. The summed E-state index contributed by atoms with van der Waals surface area (Å²) in [6, 6.07) is 25.7. The van der Waals surface area contributed by atoms with Crippen molar-refractivity contribution in [1.82, 2.24) is 9.29 Å². The zero-order valence-corrected chi connectivity index (χ0v) is 32.2. The third-order valence-corrected chi connectivity index (χ3v) is 10.6. The van der Waals surface area contributed by atoms with Gasteiger partial charge in [0, 0.05) is 71.1 Å². The number of ketones is 1. The number of carbonyl (C=O) groups is 2. The molecule has 0 radical (unpaired) electrons. The maximum Gasteiger partial charge on any atom is 0.511 e. The molecule has 5 aromatic carbocycles. The minimum Gasteiger partial charge on any atom is -0.490 e. The molecular formula is C42H40F3N3O7S. The quantitative estimate of drug-likeness (QED) is 0.0388. The third-order valence-electron chi connectivity index (χ3n) is 9.39. The summed E-state index contributed by atoms with van der Waals surface area (Å²) < 4.78 is 77.6. The van der Waals surface area contributed by atoms with Crippen molar-refractivity contribution in [3.05, 3.63) is 124 Å². The second kappa shape index (κ2) is 16.3. The van der Waals surface area contributed by atoms with Crippen molar-refractivity contribution in [1.29, 1.82) is 0 Å². The van der Waals surface area contributed by atoms with E-state index >= 15 is 0 Å². The zero-order valence-electron chi connectivity index (χ0n) is 31.4. The Morgan fingerprint density at radius 1 is 0.821 bits per heavy atom. The minimum absolute atomic E-state index is 0.0120. The molecule has 0 aliphatic heterocycles. The molecule has 0 amide bonds. The Hall–Kier alpha value is -5.57. The van der Waals surface area contributed by atoms with Crippen LogP contribution >= 0.6 is 0 Å². The normalized spacial score (nSPS) is 12.5. The number of halogens is 3. The highest BCUT2D eigenvalue weighted by atomic mass is 32.2. The van der Waals surface area contributed by atoms with Crippen LogP contribution in [0.2, 0.25) is 0 Å². The molecule has 6 rings (SSSR count). The molecule has 0 fully saturated rings. The molecule has 0 spiro atoms. The Bertz CT molecular complexity index is 2610. The van der Waals surface area contributed by atoms with Crippen LogP contribution in [0.3, 0.4) is 0 Å². The molecule has 0 atom stereocenters. The van der Waals surface area contributed by atoms with E-state index in [1.54, 1.807) is 42.2 Å². The number of sulfonamides is 1. The van der Waals surface area contributed by atoms with Crippen LogP contribution in [0, 0.1) is 20.8 Å². The van der Waals surface area contributed by atoms with Gasteiger partial charge in [0.2, 0.25) is 0 Å². The van der Waals surface area contributed by atoms with E-state index in [9.17, 15) is 31.2 Å². The van der Waals surface area contributed by atoms with Gasteiger partial charge in [-0.15, -0.1) is 0 Å². The molecule has 1 N–H and O–H groups in total. The van der Waals surface area contributed by atoms with E-state index in [4.69, 9.17) is 14.3 Å². The first kappa shape index (κ1) is 40.1. The number of nitrogens with zero attached hydrogens (tertiary/aromatic N) is 2. The van der Waals surface area contributed by atoms with Crippen LogP contribution in [-0.2, 0) is 30.9 Å². The molecule has 0 aliphatic carbocycles. The van der Waals surface area contributed by atoms with E-state index in [0.29, 0.717) is 61.8 Å². The SMILES string of the molecule is COCCOc1ccccc1C(=NOC(C)=O)c1ccc2c(c1)c1cc(C(=O)c3c(C)cc(C)cc3C)c3ccccc3c1n2CCCNS(=O)(=O)C(F)(F)F. The lowest BCUT2D eigenvalue weighted by Crippen LogP contribution is -2.37. The molecule has 10 nitrogen and oxygen atoms in total. The van der Waals surface area contributed by atoms with Gasteiger partial charge in [-0.3, -0.25) is 4.79 Å². The van der Waals surface area contributed by atoms with E-state index in [0.717, 1.165) is 22.1 Å². The third kappa shape index (κ3) is 8.04. The average Bonchev–Trinajstić information content (AvgIpc) is 3.45. The van der Waals surface area contributed by atoms with Crippen LogP contribution in [0.25, 0.3) is 32.6 Å². The highest BCUT2D eigenvalue weighted by Crippen LogP contribution is 2.39. The van der Waals surface area contributed by atoms with Crippen molar-refractivity contribution >= 4 is 60.1 Å². The fourth-order valence-corrected chi connectivity index (χ4v) is 7.70. The minimum atomic E-state index is -5.54. The molecule has 56 heavy (non-hydrogen) atoms. The number of hydrogen-bond donors (Lipinski definition) is 1. The van der Waals surface area contributed by atoms with Crippen molar-refractivity contribution < 1.29 is 45.5 Å². The van der Waals surface area contributed by atoms with Crippen molar-refractivity contribution in [3.8, 4) is 5.75 Å². The first-order chi connectivity index (χ1) is 26.6. The number of para-hydroxylation sites is 1. The molecule has 0 saturated heterocycles. The number of hydrogen-bond acceptors (Lipinski definition) is 8. The number of rotatable bonds is 14. The number of methoxy groups -OCH3 is 1. The first-order valence-electron chi connectivity index (χ1n) is 17.8. The van der Waals surface area contributed by atoms with Crippen molar-refractivity contribution in [2.75, 3.05) is 26.9 Å². The van der Waals surface area contributed by atoms with Gasteiger partial charge in [0.15, 0.2) is 5.78 Å². The van der Waals surface area contributed by atoms with Crippen LogP contribution in [0.1, 0.15) is 57.1 Å². The van der Waals surface area contributed by atoms with Crippen molar-refractivity contribution in [2.24, 2.45) is 5.16 Å². The maximum absolute atomic E-state index is 14.6. The molecule has 0 saturated carbocycles. The predicted molar refractivity (Wildman–Crippen MR) is 210 cm³/mol. The summed E-state index contributed by atoms with van der Waals surface area (Å²) in [5.41, 5.74) is 0.990. The molecule has 0 aliphatic rings. The molecule has 1 aromatic heterocycles. The Morgan fingerprint density at radius 2 is 1.50 bits per heavy atom. The summed E-state index contributed by atoms with van der Waals surface area (Å²) in [4.78, 5) is 31.8. The van der Waals surface area contributed by atoms with Gasteiger partial charge in [-0.2, -0.15) is 13.2 Å². The number of benzene rings is 5. The summed E-state index contributed by atoms with van der Waals surface area (Å²) in [5, 5.41) is 6.97. The number of fused-ring (bicyclic) bond motifs is 5. The van der Waals surface area contributed by atoms with E-state index < -0.39 is 28.0 Å². The van der Waals surface area contributed by atoms with E-state index in [1.807, 2.05) is 79.9 Å². The lowest BCUT2D eigenvalue weighted by atomic mass is 9.89. The van der Waals surface area contributed by atoms with Gasteiger partial charge in [0.25, 0.3) is 0 Å². The molecular weight excluding hydrogens is 748 g/mol. The number of carbonyl (C=O) groups excluding carboxylic acids is 2. The average molecular weight is 788 g/mol. The summed E-state index contributed by atoms with van der Waals surface area (Å²) in [6.45, 7) is 7.22. The van der Waals surface area contributed by atoms with E-state index in [1.165, 1.54) is 6.92 Å². The largest absolute Gasteiger partial charge is 0.511 e. The fourth-order valence-electron chi connectivity index (χ4n) is 7.12. The van der Waals surface area contributed by atoms with Crippen LogP contribution < -0.4 is 9.46 Å². The highest BCUT2D eigenvalue weighted by molar-refractivity contribution is 7.90. The summed E-state index contributed by atoms with van der Waals surface area (Å²) in [6.07, 6.45) is 0.0120. The first-order valence-corrected chi connectivity index (χ1v) is 19.2. The van der Waals surface area contributed by atoms with Crippen LogP contribution in [0.15, 0.2) is 90.1 Å². The second-order valence-electron chi connectivity index (χ2n) is 13.4. The van der Waals surface area contributed by atoms with Gasteiger partial charge in [-0.1, -0.05) is 65.3 Å². The monoisotopic (exact) mass is 787 g/mol. The molecule has 0 unspecified atom stereocenters. The Labute approximate surface area is 321 Å². The van der Waals surface area contributed by atoms with Gasteiger partial charge in [-0.05, 0) is 74.0 Å². The topological polar surface area (TPSA) is 125 Å². The summed E-state index contributed by atoms with van der Waals surface area (Å²) >= 11 is 0. The Morgan fingerprint density at radius 3 is 2.18 bits per heavy atom. The molecule has 6 aromatic rings. The van der Waals surface area contributed by atoms with E-state index in [-0.39, 0.29) is 31.1 Å². The molecule has 292 valence electrons. The molecule has 1 heterocycles. The number of nitrogens with one attached hydrogen (secondary N) is 1. The van der Waals surface area contributed by atoms with Crippen LogP contribution in [-0.4, -0.2) is 62.8 Å². The van der Waals surface area contributed by atoms with Gasteiger partial charge in [0.1, 0.15) is 18.1 Å². The Balaban J connectivity index is 1.59. The van der Waals surface area contributed by atoms with Gasteiger partial charge in [0.05, 0.1) is 12.1 Å². The predicted octanol–water partition coefficient (Wildman–Crippen LogP) is 8.27. The second-order valence-corrected chi connectivity index (χ2v) is 15.2. The van der Waals surface area contributed by atoms with Gasteiger partial charge < -0.3 is 18.9 Å². The summed E-state index contributed by atoms with van der Waals surface area (Å²) in [7, 11) is -3.98. The zero-order chi connectivity index (χ0) is 40.4. The summed E-state index contributed by atoms with van der Waals surface area (Å²) in [5.74, 6) is -0.353. The Kier molecular flexibility index (Phi) is 11.6. The fraction of sp³-hybridized carbons (Fsp3) is 0.262. The van der Waals surface area contributed by atoms with Crippen molar-refractivity contribution in [3.63, 3.8) is 0 Å². The van der Waals surface area contributed by atoms with E-state index in [2.05, 4.69) is 5.16 Å². The standard InChI is InChI=1S/C42H40F3N3O7S/c1-25-21-26(2)38(27(3)22-25)41(50)35-24-34-33-23-29(39(47-55-28(4)49)32-13-8-9-14-37(32)54-20-19-53-5)15-16-36(33)48(40(34)31-12-7-6-11-30(31)35)18-10-17-46-56(51,52)42(43,44)45/h6-9,11-16,21-24,46H,10,17-20H2,1-5H3. The molecule has 14 heteroatoms. The number of alkyl halides is 3. The molecule has 0 bridgehead atoms. The smallest absolute Gasteiger partial charge is 0.490 e. The number of aryl methyl sites for hydroxylation is 4. The van der Waals surface area contributed by atoms with Gasteiger partial charge in [-0.25, -0.2) is 17.9 Å². The van der Waals surface area contributed by atoms with Crippen LogP contribution in [0.4, 0.5) is 13.2 Å². The lowest BCUT2D eigenvalue weighted by Gasteiger charge is -2.15. The number of oxime groups is 1. The lowest BCUT2D eigenvalue weighted by molar-refractivity contribution is -0.140. The maximum atomic E-state index is 14.6. The number of ether oxygens (including phenoxy) is 2. The van der Waals surface area contributed by atoms with Crippen LogP contribution in [0.5, 0.6) is 5.75 Å². The highest BCUT2D eigenvalue weighted by Gasteiger charge is 2.45.